The number of rotatable bonds is 4. The first-order valence-corrected chi connectivity index (χ1v) is 7.91. The van der Waals surface area contributed by atoms with Crippen LogP contribution in [0.15, 0.2) is 30.3 Å². The van der Waals surface area contributed by atoms with E-state index in [1.54, 1.807) is 4.90 Å². The van der Waals surface area contributed by atoms with Gasteiger partial charge in [0.2, 0.25) is 0 Å². The maximum absolute atomic E-state index is 12.4. The van der Waals surface area contributed by atoms with Gasteiger partial charge >= 0.3 is 12.1 Å². The van der Waals surface area contributed by atoms with Crippen molar-refractivity contribution >= 4 is 12.1 Å². The van der Waals surface area contributed by atoms with Crippen molar-refractivity contribution in [3.05, 3.63) is 35.9 Å². The average Bonchev–Trinajstić information content (AvgIpc) is 2.52. The molecule has 0 radical (unpaired) electrons. The van der Waals surface area contributed by atoms with Crippen LogP contribution >= 0.6 is 0 Å². The molecule has 1 heterocycles. The molecule has 1 atom stereocenters. The van der Waals surface area contributed by atoms with Crippen LogP contribution < -0.4 is 0 Å². The first kappa shape index (κ1) is 15.8. The summed E-state index contributed by atoms with van der Waals surface area (Å²) in [5, 5.41) is 9.04. The van der Waals surface area contributed by atoms with Crippen LogP contribution in [0.2, 0.25) is 0 Å². The van der Waals surface area contributed by atoms with E-state index in [-0.39, 0.29) is 25.2 Å². The van der Waals surface area contributed by atoms with Crippen molar-refractivity contribution < 1.29 is 24.2 Å². The number of amides is 1. The molecule has 1 aromatic rings. The second kappa shape index (κ2) is 6.58. The number of carboxylic acid groups (broad SMARTS) is 1. The normalized spacial score (nSPS) is 22.4. The van der Waals surface area contributed by atoms with E-state index in [1.165, 1.54) is 0 Å². The van der Waals surface area contributed by atoms with Crippen molar-refractivity contribution in [3.8, 4) is 0 Å². The molecule has 6 nitrogen and oxygen atoms in total. The van der Waals surface area contributed by atoms with Gasteiger partial charge in [0.05, 0.1) is 31.2 Å². The van der Waals surface area contributed by atoms with Gasteiger partial charge in [0.15, 0.2) is 0 Å². The predicted octanol–water partition coefficient (Wildman–Crippen LogP) is 2.42. The van der Waals surface area contributed by atoms with Gasteiger partial charge in [-0.2, -0.15) is 0 Å². The van der Waals surface area contributed by atoms with Crippen molar-refractivity contribution in [2.24, 2.45) is 0 Å². The van der Waals surface area contributed by atoms with Crippen molar-refractivity contribution in [2.45, 2.75) is 43.9 Å². The van der Waals surface area contributed by atoms with Crippen LogP contribution in [-0.4, -0.2) is 46.9 Å². The standard InChI is InChI=1S/C17H21NO5/c19-15(20)9-14-11-23-17(7-4-8-17)12-18(14)16(21)22-10-13-5-2-1-3-6-13/h1-3,5-6,14H,4,7-12H2,(H,19,20). The van der Waals surface area contributed by atoms with Gasteiger partial charge in [0.25, 0.3) is 0 Å². The minimum Gasteiger partial charge on any atom is -0.481 e. The van der Waals surface area contributed by atoms with Crippen LogP contribution in [-0.2, 0) is 20.9 Å². The summed E-state index contributed by atoms with van der Waals surface area (Å²) in [5.74, 6) is -0.941. The number of carboxylic acids is 1. The van der Waals surface area contributed by atoms with Crippen LogP contribution in [0.1, 0.15) is 31.2 Å². The molecule has 1 unspecified atom stereocenters. The van der Waals surface area contributed by atoms with Gasteiger partial charge in [0.1, 0.15) is 6.61 Å². The fraction of sp³-hybridized carbons (Fsp3) is 0.529. The molecule has 0 aromatic heterocycles. The highest BCUT2D eigenvalue weighted by molar-refractivity contribution is 5.72. The maximum atomic E-state index is 12.4. The Bertz CT molecular complexity index is 570. The zero-order valence-electron chi connectivity index (χ0n) is 12.9. The van der Waals surface area contributed by atoms with Crippen LogP contribution in [0.25, 0.3) is 0 Å². The highest BCUT2D eigenvalue weighted by Gasteiger charge is 2.47. The Balaban J connectivity index is 1.64. The van der Waals surface area contributed by atoms with Crippen LogP contribution in [0, 0.1) is 0 Å². The molecule has 1 saturated carbocycles. The summed E-state index contributed by atoms with van der Waals surface area (Å²) in [5.41, 5.74) is 0.614. The first-order valence-electron chi connectivity index (χ1n) is 7.91. The first-order chi connectivity index (χ1) is 11.1. The third kappa shape index (κ3) is 3.64. The fourth-order valence-corrected chi connectivity index (χ4v) is 3.11. The zero-order chi connectivity index (χ0) is 16.3. The number of carbonyl (C=O) groups excluding carboxylic acids is 1. The van der Waals surface area contributed by atoms with E-state index >= 15 is 0 Å². The molecule has 3 rings (SSSR count). The topological polar surface area (TPSA) is 76.1 Å². The van der Waals surface area contributed by atoms with Gasteiger partial charge in [0, 0.05) is 0 Å². The molecular formula is C17H21NO5. The number of nitrogens with zero attached hydrogens (tertiary/aromatic N) is 1. The summed E-state index contributed by atoms with van der Waals surface area (Å²) in [6.07, 6.45) is 2.31. The molecule has 1 spiro atoms. The zero-order valence-corrected chi connectivity index (χ0v) is 12.9. The lowest BCUT2D eigenvalue weighted by molar-refractivity contribution is -0.170. The van der Waals surface area contributed by atoms with E-state index in [1.807, 2.05) is 30.3 Å². The number of ether oxygens (including phenoxy) is 2. The summed E-state index contributed by atoms with van der Waals surface area (Å²) in [7, 11) is 0. The van der Waals surface area contributed by atoms with E-state index in [9.17, 15) is 9.59 Å². The summed E-state index contributed by atoms with van der Waals surface area (Å²) < 4.78 is 11.2. The Morgan fingerprint density at radius 1 is 1.30 bits per heavy atom. The highest BCUT2D eigenvalue weighted by atomic mass is 16.6. The number of benzene rings is 1. The predicted molar refractivity (Wildman–Crippen MR) is 81.9 cm³/mol. The molecule has 6 heteroatoms. The Morgan fingerprint density at radius 3 is 2.65 bits per heavy atom. The third-order valence-electron chi connectivity index (χ3n) is 4.60. The maximum Gasteiger partial charge on any atom is 0.410 e. The number of hydrogen-bond acceptors (Lipinski definition) is 4. The Hall–Kier alpha value is -2.08. The monoisotopic (exact) mass is 319 g/mol. The van der Waals surface area contributed by atoms with E-state index in [4.69, 9.17) is 14.6 Å². The molecule has 1 amide bonds. The van der Waals surface area contributed by atoms with Gasteiger partial charge < -0.3 is 14.6 Å². The molecule has 1 aliphatic heterocycles. The van der Waals surface area contributed by atoms with Gasteiger partial charge in [-0.3, -0.25) is 9.69 Å². The lowest BCUT2D eigenvalue weighted by Crippen LogP contribution is -2.61. The second-order valence-corrected chi connectivity index (χ2v) is 6.27. The lowest BCUT2D eigenvalue weighted by atomic mass is 9.78. The minimum absolute atomic E-state index is 0.128. The molecule has 2 aliphatic rings. The van der Waals surface area contributed by atoms with E-state index in [2.05, 4.69) is 0 Å². The van der Waals surface area contributed by atoms with Crippen LogP contribution in [0.3, 0.4) is 0 Å². The molecular weight excluding hydrogens is 298 g/mol. The largest absolute Gasteiger partial charge is 0.481 e. The van der Waals surface area contributed by atoms with Crippen molar-refractivity contribution in [1.29, 1.82) is 0 Å². The molecule has 1 N–H and O–H groups in total. The quantitative estimate of drug-likeness (QED) is 0.922. The van der Waals surface area contributed by atoms with Crippen molar-refractivity contribution in [3.63, 3.8) is 0 Å². The summed E-state index contributed by atoms with van der Waals surface area (Å²) in [6.45, 7) is 0.856. The van der Waals surface area contributed by atoms with Gasteiger partial charge in [-0.05, 0) is 24.8 Å². The van der Waals surface area contributed by atoms with Gasteiger partial charge in [-0.15, -0.1) is 0 Å². The van der Waals surface area contributed by atoms with Crippen LogP contribution in [0.5, 0.6) is 0 Å². The van der Waals surface area contributed by atoms with Crippen LogP contribution in [0.4, 0.5) is 4.79 Å². The summed E-state index contributed by atoms with van der Waals surface area (Å²) in [6, 6.07) is 8.96. The van der Waals surface area contributed by atoms with E-state index in [0.717, 1.165) is 24.8 Å². The van der Waals surface area contributed by atoms with E-state index < -0.39 is 18.1 Å². The Kier molecular flexibility index (Phi) is 4.52. The molecule has 1 aromatic carbocycles. The SMILES string of the molecule is O=C(O)CC1COC2(CCC2)CN1C(=O)OCc1ccccc1. The molecule has 1 aliphatic carbocycles. The molecule has 1 saturated heterocycles. The number of aliphatic carboxylic acids is 1. The molecule has 124 valence electrons. The fourth-order valence-electron chi connectivity index (χ4n) is 3.11. The highest BCUT2D eigenvalue weighted by Crippen LogP contribution is 2.40. The Morgan fingerprint density at radius 2 is 2.04 bits per heavy atom. The number of hydrogen-bond donors (Lipinski definition) is 1. The molecule has 2 fully saturated rings. The summed E-state index contributed by atoms with van der Waals surface area (Å²) in [4.78, 5) is 25.0. The smallest absolute Gasteiger partial charge is 0.410 e. The second-order valence-electron chi connectivity index (χ2n) is 6.27. The van der Waals surface area contributed by atoms with Gasteiger partial charge in [-0.1, -0.05) is 30.3 Å². The Labute approximate surface area is 135 Å². The molecule has 0 bridgehead atoms. The number of morpholine rings is 1. The van der Waals surface area contributed by atoms with E-state index in [0.29, 0.717) is 6.54 Å². The molecule has 23 heavy (non-hydrogen) atoms. The van der Waals surface area contributed by atoms with Crippen molar-refractivity contribution in [2.75, 3.05) is 13.2 Å². The third-order valence-corrected chi connectivity index (χ3v) is 4.60. The van der Waals surface area contributed by atoms with Crippen molar-refractivity contribution in [1.82, 2.24) is 4.90 Å². The minimum atomic E-state index is -0.941. The number of carbonyl (C=O) groups is 2. The lowest BCUT2D eigenvalue weighted by Gasteiger charge is -2.50. The average molecular weight is 319 g/mol. The summed E-state index contributed by atoms with van der Waals surface area (Å²) >= 11 is 0. The van der Waals surface area contributed by atoms with Gasteiger partial charge in [-0.25, -0.2) is 4.79 Å².